The molecule has 2 unspecified atom stereocenters. The molecule has 19 heavy (non-hydrogen) atoms. The van der Waals surface area contributed by atoms with Crippen LogP contribution in [0.3, 0.4) is 0 Å². The zero-order valence-corrected chi connectivity index (χ0v) is 12.2. The monoisotopic (exact) mass is 263 g/mol. The highest BCUT2D eigenvalue weighted by Gasteiger charge is 2.23. The molecule has 1 fully saturated rings. The van der Waals surface area contributed by atoms with Gasteiger partial charge in [-0.1, -0.05) is 18.2 Å². The summed E-state index contributed by atoms with van der Waals surface area (Å²) < 4.78 is 11.1. The highest BCUT2D eigenvalue weighted by atomic mass is 16.5. The number of hydrogen-bond donors (Lipinski definition) is 1. The summed E-state index contributed by atoms with van der Waals surface area (Å²) in [6, 6.07) is 8.81. The van der Waals surface area contributed by atoms with E-state index in [4.69, 9.17) is 9.47 Å². The van der Waals surface area contributed by atoms with Gasteiger partial charge in [0.05, 0.1) is 19.3 Å². The molecule has 1 saturated heterocycles. The SMILES string of the molecule is COc1ccccc1CCNC1CC(C)OC(C)C1. The van der Waals surface area contributed by atoms with Gasteiger partial charge >= 0.3 is 0 Å². The minimum absolute atomic E-state index is 0.368. The average molecular weight is 263 g/mol. The predicted molar refractivity (Wildman–Crippen MR) is 77.7 cm³/mol. The molecule has 3 nitrogen and oxygen atoms in total. The molecule has 0 spiro atoms. The van der Waals surface area contributed by atoms with Gasteiger partial charge in [-0.05, 0) is 51.3 Å². The fraction of sp³-hybridized carbons (Fsp3) is 0.625. The van der Waals surface area contributed by atoms with Gasteiger partial charge in [0.25, 0.3) is 0 Å². The molecule has 0 aliphatic carbocycles. The van der Waals surface area contributed by atoms with Crippen molar-refractivity contribution >= 4 is 0 Å². The molecule has 2 rings (SSSR count). The largest absolute Gasteiger partial charge is 0.496 e. The van der Waals surface area contributed by atoms with Crippen molar-refractivity contribution in [3.05, 3.63) is 29.8 Å². The van der Waals surface area contributed by atoms with Crippen LogP contribution in [-0.2, 0) is 11.2 Å². The standard InChI is InChI=1S/C16H25NO2/c1-12-10-15(11-13(2)19-12)17-9-8-14-6-4-5-7-16(14)18-3/h4-7,12-13,15,17H,8-11H2,1-3H3. The summed E-state index contributed by atoms with van der Waals surface area (Å²) in [5.41, 5.74) is 1.27. The summed E-state index contributed by atoms with van der Waals surface area (Å²) >= 11 is 0. The minimum Gasteiger partial charge on any atom is -0.496 e. The van der Waals surface area contributed by atoms with Crippen molar-refractivity contribution < 1.29 is 9.47 Å². The first-order chi connectivity index (χ1) is 9.19. The van der Waals surface area contributed by atoms with Gasteiger partial charge in [-0.3, -0.25) is 0 Å². The molecule has 1 aliphatic rings. The van der Waals surface area contributed by atoms with Crippen LogP contribution in [0.4, 0.5) is 0 Å². The summed E-state index contributed by atoms with van der Waals surface area (Å²) in [6.45, 7) is 5.31. The van der Waals surface area contributed by atoms with Crippen molar-refractivity contribution in [1.29, 1.82) is 0 Å². The van der Waals surface area contributed by atoms with Crippen molar-refractivity contribution in [2.75, 3.05) is 13.7 Å². The Kier molecular flexibility index (Phi) is 5.23. The van der Waals surface area contributed by atoms with Crippen LogP contribution in [0.5, 0.6) is 5.75 Å². The molecule has 0 aromatic heterocycles. The maximum atomic E-state index is 5.76. The lowest BCUT2D eigenvalue weighted by Gasteiger charge is -2.32. The maximum Gasteiger partial charge on any atom is 0.122 e. The Bertz CT molecular complexity index is 384. The molecule has 0 amide bonds. The summed E-state index contributed by atoms with van der Waals surface area (Å²) in [4.78, 5) is 0. The molecule has 0 radical (unpaired) electrons. The van der Waals surface area contributed by atoms with E-state index in [-0.39, 0.29) is 0 Å². The van der Waals surface area contributed by atoms with Crippen molar-refractivity contribution in [2.24, 2.45) is 0 Å². The quantitative estimate of drug-likeness (QED) is 0.886. The molecule has 2 atom stereocenters. The second-order valence-electron chi connectivity index (χ2n) is 5.44. The molecule has 1 heterocycles. The van der Waals surface area contributed by atoms with E-state index in [9.17, 15) is 0 Å². The fourth-order valence-electron chi connectivity index (χ4n) is 2.89. The number of rotatable bonds is 5. The zero-order valence-electron chi connectivity index (χ0n) is 12.2. The van der Waals surface area contributed by atoms with Gasteiger partial charge < -0.3 is 14.8 Å². The number of hydrogen-bond acceptors (Lipinski definition) is 3. The van der Waals surface area contributed by atoms with E-state index in [1.807, 2.05) is 12.1 Å². The van der Waals surface area contributed by atoms with Crippen molar-refractivity contribution in [2.45, 2.75) is 51.4 Å². The molecule has 1 N–H and O–H groups in total. The summed E-state index contributed by atoms with van der Waals surface area (Å²) in [6.07, 6.45) is 3.96. The van der Waals surface area contributed by atoms with Crippen LogP contribution < -0.4 is 10.1 Å². The predicted octanol–water partition coefficient (Wildman–Crippen LogP) is 2.78. The Balaban J connectivity index is 1.80. The van der Waals surface area contributed by atoms with Gasteiger partial charge in [0.15, 0.2) is 0 Å². The molecule has 3 heteroatoms. The van der Waals surface area contributed by atoms with Gasteiger partial charge in [0, 0.05) is 6.04 Å². The molecule has 106 valence electrons. The van der Waals surface area contributed by atoms with Gasteiger partial charge in [-0.25, -0.2) is 0 Å². The zero-order chi connectivity index (χ0) is 13.7. The Morgan fingerprint density at radius 1 is 1.21 bits per heavy atom. The summed E-state index contributed by atoms with van der Waals surface area (Å²) in [5, 5.41) is 3.65. The van der Waals surface area contributed by atoms with E-state index in [1.165, 1.54) is 5.56 Å². The lowest BCUT2D eigenvalue weighted by molar-refractivity contribution is -0.0419. The fourth-order valence-corrected chi connectivity index (χ4v) is 2.89. The summed E-state index contributed by atoms with van der Waals surface area (Å²) in [7, 11) is 1.73. The second kappa shape index (κ2) is 6.92. The smallest absolute Gasteiger partial charge is 0.122 e. The van der Waals surface area contributed by atoms with E-state index in [2.05, 4.69) is 31.3 Å². The second-order valence-corrected chi connectivity index (χ2v) is 5.44. The van der Waals surface area contributed by atoms with E-state index < -0.39 is 0 Å². The Labute approximate surface area is 116 Å². The van der Waals surface area contributed by atoms with E-state index in [0.717, 1.165) is 31.6 Å². The van der Waals surface area contributed by atoms with Crippen LogP contribution in [0.1, 0.15) is 32.3 Å². The third-order valence-corrected chi connectivity index (χ3v) is 3.72. The first-order valence-corrected chi connectivity index (χ1v) is 7.19. The van der Waals surface area contributed by atoms with Gasteiger partial charge in [0.1, 0.15) is 5.75 Å². The molecule has 1 aliphatic heterocycles. The van der Waals surface area contributed by atoms with Crippen LogP contribution >= 0.6 is 0 Å². The van der Waals surface area contributed by atoms with E-state index in [0.29, 0.717) is 18.2 Å². The molecule has 1 aromatic rings. The van der Waals surface area contributed by atoms with E-state index >= 15 is 0 Å². The summed E-state index contributed by atoms with van der Waals surface area (Å²) in [5.74, 6) is 0.984. The van der Waals surface area contributed by atoms with Gasteiger partial charge in [0.2, 0.25) is 0 Å². The number of para-hydroxylation sites is 1. The molecular weight excluding hydrogens is 238 g/mol. The van der Waals surface area contributed by atoms with Gasteiger partial charge in [-0.2, -0.15) is 0 Å². The number of methoxy groups -OCH3 is 1. The average Bonchev–Trinajstić information content (AvgIpc) is 2.38. The van der Waals surface area contributed by atoms with Crippen LogP contribution in [0.15, 0.2) is 24.3 Å². The number of ether oxygens (including phenoxy) is 2. The third kappa shape index (κ3) is 4.22. The van der Waals surface area contributed by atoms with Crippen molar-refractivity contribution in [3.8, 4) is 5.75 Å². The van der Waals surface area contributed by atoms with Crippen LogP contribution in [0, 0.1) is 0 Å². The normalized spacial score (nSPS) is 27.2. The lowest BCUT2D eigenvalue weighted by Crippen LogP contribution is -2.41. The Hall–Kier alpha value is -1.06. The highest BCUT2D eigenvalue weighted by Crippen LogP contribution is 2.20. The Morgan fingerprint density at radius 2 is 1.89 bits per heavy atom. The maximum absolute atomic E-state index is 5.76. The van der Waals surface area contributed by atoms with Crippen molar-refractivity contribution in [3.63, 3.8) is 0 Å². The highest BCUT2D eigenvalue weighted by molar-refractivity contribution is 5.33. The van der Waals surface area contributed by atoms with Gasteiger partial charge in [-0.15, -0.1) is 0 Å². The first-order valence-electron chi connectivity index (χ1n) is 7.19. The van der Waals surface area contributed by atoms with Crippen molar-refractivity contribution in [1.82, 2.24) is 5.32 Å². The third-order valence-electron chi connectivity index (χ3n) is 3.72. The lowest BCUT2D eigenvalue weighted by atomic mass is 9.99. The molecule has 1 aromatic carbocycles. The number of benzene rings is 1. The Morgan fingerprint density at radius 3 is 2.58 bits per heavy atom. The molecule has 0 bridgehead atoms. The molecule has 0 saturated carbocycles. The van der Waals surface area contributed by atoms with E-state index in [1.54, 1.807) is 7.11 Å². The number of nitrogens with one attached hydrogen (secondary N) is 1. The first kappa shape index (κ1) is 14.4. The van der Waals surface area contributed by atoms with Crippen LogP contribution in [0.25, 0.3) is 0 Å². The molecular formula is C16H25NO2. The van der Waals surface area contributed by atoms with Crippen LogP contribution in [-0.4, -0.2) is 31.9 Å². The topological polar surface area (TPSA) is 30.5 Å². The van der Waals surface area contributed by atoms with Crippen LogP contribution in [0.2, 0.25) is 0 Å². The minimum atomic E-state index is 0.368.